The minimum atomic E-state index is -0.574. The van der Waals surface area contributed by atoms with Crippen molar-refractivity contribution in [2.24, 2.45) is 4.99 Å². The number of benzene rings is 3. The maximum Gasteiger partial charge on any atom is 0.227 e. The highest BCUT2D eigenvalue weighted by Crippen LogP contribution is 2.40. The first-order chi connectivity index (χ1) is 30.6. The number of rotatable bonds is 19. The van der Waals surface area contributed by atoms with Gasteiger partial charge in [0.05, 0.1) is 51.8 Å². The molecular weight excluding hydrogens is 874 g/mol. The SMILES string of the molecule is Cc1sc2c(c1C)C(c1ccc(Cl)cc1)=N[C@@H](CC(=O)Nc1ccc(OCCOCCOCCOCCOc3cc(-c4ccc5c(c4)CC(=O)C5)cnc3N)cc1)c1nnc(C)n1-2.S. The Bertz CT molecular complexity index is 2630. The van der Waals surface area contributed by atoms with Gasteiger partial charge in [0.15, 0.2) is 17.4 Å². The number of nitrogen functional groups attached to an aromatic ring is 1. The Labute approximate surface area is 387 Å². The number of nitrogens with zero attached hydrogens (tertiary/aromatic N) is 5. The Balaban J connectivity index is 0.00000612. The summed E-state index contributed by atoms with van der Waals surface area (Å²) in [6.45, 7) is 9.16. The zero-order chi connectivity index (χ0) is 43.9. The normalized spacial score (nSPS) is 13.9. The summed E-state index contributed by atoms with van der Waals surface area (Å²) in [5.74, 6) is 2.83. The van der Waals surface area contributed by atoms with Crippen LogP contribution in [0.1, 0.15) is 56.8 Å². The molecule has 0 spiro atoms. The van der Waals surface area contributed by atoms with Gasteiger partial charge in [-0.1, -0.05) is 41.9 Å². The Hall–Kier alpha value is -5.62. The number of hydrogen-bond acceptors (Lipinski definition) is 13. The maximum atomic E-state index is 13.5. The van der Waals surface area contributed by atoms with Crippen molar-refractivity contribution in [1.29, 1.82) is 0 Å². The molecule has 1 amide bonds. The molecule has 17 heteroatoms. The number of carbonyl (C=O) groups excluding carboxylic acids is 2. The van der Waals surface area contributed by atoms with Crippen LogP contribution in [0, 0.1) is 20.8 Å². The van der Waals surface area contributed by atoms with Crippen molar-refractivity contribution in [2.75, 3.05) is 63.9 Å². The number of nitrogens with two attached hydrogens (primary N) is 1. The van der Waals surface area contributed by atoms with Crippen molar-refractivity contribution in [3.8, 4) is 27.6 Å². The summed E-state index contributed by atoms with van der Waals surface area (Å²) in [7, 11) is 0. The fourth-order valence-corrected chi connectivity index (χ4v) is 8.82. The average Bonchev–Trinajstić information content (AvgIpc) is 3.91. The predicted octanol–water partition coefficient (Wildman–Crippen LogP) is 7.76. The molecule has 6 aromatic rings. The monoisotopic (exact) mass is 923 g/mol. The number of ether oxygens (including phenoxy) is 5. The number of halogens is 1. The first kappa shape index (κ1) is 46.4. The largest absolute Gasteiger partial charge is 0.491 e. The lowest BCUT2D eigenvalue weighted by atomic mass is 9.99. The highest BCUT2D eigenvalue weighted by Gasteiger charge is 2.32. The predicted molar refractivity (Wildman–Crippen MR) is 253 cm³/mol. The number of Topliss-reactive ketones (excluding diaryl/α,β-unsaturated/α-hetero) is 1. The molecule has 0 saturated heterocycles. The van der Waals surface area contributed by atoms with Crippen LogP contribution in [-0.2, 0) is 36.6 Å². The highest BCUT2D eigenvalue weighted by atomic mass is 35.5. The van der Waals surface area contributed by atoms with Gasteiger partial charge in [-0.2, -0.15) is 13.5 Å². The number of fused-ring (bicyclic) bond motifs is 4. The Morgan fingerprint density at radius 1 is 0.812 bits per heavy atom. The van der Waals surface area contributed by atoms with Gasteiger partial charge < -0.3 is 34.7 Å². The van der Waals surface area contributed by atoms with E-state index in [2.05, 4.69) is 34.3 Å². The Kier molecular flexibility index (Phi) is 15.5. The average molecular weight is 925 g/mol. The van der Waals surface area contributed by atoms with Gasteiger partial charge in [-0.3, -0.25) is 19.1 Å². The summed E-state index contributed by atoms with van der Waals surface area (Å²) in [4.78, 5) is 36.0. The van der Waals surface area contributed by atoms with Crippen LogP contribution in [0.2, 0.25) is 5.02 Å². The Morgan fingerprint density at radius 3 is 2.19 bits per heavy atom. The van der Waals surface area contributed by atoms with Crippen molar-refractivity contribution in [3.05, 3.63) is 128 Å². The molecule has 4 heterocycles. The van der Waals surface area contributed by atoms with Gasteiger partial charge in [0, 0.05) is 51.3 Å². The van der Waals surface area contributed by atoms with Crippen LogP contribution in [0.4, 0.5) is 11.5 Å². The standard InChI is InChI=1S/C47H48ClN7O7S.H2S/c1-28-29(2)63-47-43(28)44(31-6-8-36(48)9-7-31)52-40(46-54-53-30(3)55(46)47)26-42(57)51-37-10-12-39(13-11-37)61-20-18-59-16-14-58-15-17-60-19-21-62-41-25-35(27-50-45(41)49)32-4-5-33-23-38(56)24-34(33)22-32;/h4-13,22,25,27,40H,14-21,23-24,26H2,1-3H3,(H2,49,50)(H,51,57);1H2/t40-;/m0./s1. The van der Waals surface area contributed by atoms with E-state index in [9.17, 15) is 9.59 Å². The number of nitrogens with one attached hydrogen (secondary N) is 1. The second-order valence-corrected chi connectivity index (χ2v) is 16.8. The number of anilines is 2. The number of amides is 1. The molecule has 0 saturated carbocycles. The smallest absolute Gasteiger partial charge is 0.227 e. The number of aryl methyl sites for hydroxylation is 2. The van der Waals surface area contributed by atoms with Gasteiger partial charge in [0.25, 0.3) is 0 Å². The molecule has 8 rings (SSSR count). The van der Waals surface area contributed by atoms with Crippen LogP contribution in [0.3, 0.4) is 0 Å². The third-order valence-electron chi connectivity index (χ3n) is 10.8. The molecular formula is C47H50ClN7O7S2. The van der Waals surface area contributed by atoms with Crippen molar-refractivity contribution in [2.45, 2.75) is 46.1 Å². The molecule has 3 N–H and O–H groups in total. The molecule has 0 radical (unpaired) electrons. The molecule has 64 heavy (non-hydrogen) atoms. The van der Waals surface area contributed by atoms with E-state index >= 15 is 0 Å². The minimum Gasteiger partial charge on any atom is -0.491 e. The van der Waals surface area contributed by atoms with Crippen LogP contribution in [0.15, 0.2) is 84.0 Å². The van der Waals surface area contributed by atoms with E-state index in [-0.39, 0.29) is 31.6 Å². The molecule has 0 bridgehead atoms. The number of thiophene rings is 1. The van der Waals surface area contributed by atoms with Crippen molar-refractivity contribution in [1.82, 2.24) is 19.7 Å². The topological polar surface area (TPSA) is 174 Å². The number of hydrogen-bond donors (Lipinski definition) is 2. The molecule has 1 atom stereocenters. The molecule has 1 aliphatic carbocycles. The van der Waals surface area contributed by atoms with E-state index in [0.717, 1.165) is 55.5 Å². The van der Waals surface area contributed by atoms with E-state index in [4.69, 9.17) is 46.0 Å². The fourth-order valence-electron chi connectivity index (χ4n) is 7.48. The molecule has 0 fully saturated rings. The quantitative estimate of drug-likeness (QED) is 0.0760. The van der Waals surface area contributed by atoms with Gasteiger partial charge in [0.1, 0.15) is 41.6 Å². The second kappa shape index (κ2) is 21.4. The molecule has 14 nitrogen and oxygen atoms in total. The van der Waals surface area contributed by atoms with Crippen LogP contribution in [0.25, 0.3) is 16.1 Å². The lowest BCUT2D eigenvalue weighted by Crippen LogP contribution is -2.17. The summed E-state index contributed by atoms with van der Waals surface area (Å²) in [6, 6.07) is 22.1. The maximum absolute atomic E-state index is 13.5. The summed E-state index contributed by atoms with van der Waals surface area (Å²) >= 11 is 7.91. The van der Waals surface area contributed by atoms with Gasteiger partial charge in [0.2, 0.25) is 5.91 Å². The van der Waals surface area contributed by atoms with Crippen LogP contribution in [-0.4, -0.2) is 90.0 Å². The highest BCUT2D eigenvalue weighted by molar-refractivity contribution is 7.59. The molecule has 0 unspecified atom stereocenters. The van der Waals surface area contributed by atoms with Gasteiger partial charge in [-0.15, -0.1) is 21.5 Å². The Morgan fingerprint density at radius 2 is 1.47 bits per heavy atom. The van der Waals surface area contributed by atoms with E-state index < -0.39 is 6.04 Å². The van der Waals surface area contributed by atoms with Crippen molar-refractivity contribution < 1.29 is 33.3 Å². The first-order valence-electron chi connectivity index (χ1n) is 20.8. The second-order valence-electron chi connectivity index (χ2n) is 15.2. The van der Waals surface area contributed by atoms with E-state index in [1.165, 1.54) is 4.88 Å². The number of aromatic nitrogens is 4. The lowest BCUT2D eigenvalue weighted by Gasteiger charge is -2.13. The molecule has 334 valence electrons. The third-order valence-corrected chi connectivity index (χ3v) is 12.2. The molecule has 3 aromatic carbocycles. The van der Waals surface area contributed by atoms with Crippen molar-refractivity contribution >= 4 is 65.3 Å². The molecule has 3 aromatic heterocycles. The number of pyridine rings is 1. The van der Waals surface area contributed by atoms with Crippen LogP contribution < -0.4 is 20.5 Å². The molecule has 2 aliphatic rings. The van der Waals surface area contributed by atoms with E-state index in [0.29, 0.717) is 99.5 Å². The first-order valence-corrected chi connectivity index (χ1v) is 21.9. The van der Waals surface area contributed by atoms with E-state index in [1.54, 1.807) is 41.8 Å². The minimum absolute atomic E-state index is 0. The fraction of sp³-hybridized carbons (Fsp3) is 0.319. The summed E-state index contributed by atoms with van der Waals surface area (Å²) < 4.78 is 30.6. The van der Waals surface area contributed by atoms with Crippen LogP contribution in [0.5, 0.6) is 11.5 Å². The molecule has 1 aliphatic heterocycles. The van der Waals surface area contributed by atoms with Gasteiger partial charge in [-0.25, -0.2) is 4.98 Å². The third kappa shape index (κ3) is 11.0. The van der Waals surface area contributed by atoms with Gasteiger partial charge in [-0.05, 0) is 85.5 Å². The van der Waals surface area contributed by atoms with Crippen LogP contribution >= 0.6 is 36.4 Å². The van der Waals surface area contributed by atoms with Gasteiger partial charge >= 0.3 is 0 Å². The van der Waals surface area contributed by atoms with E-state index in [1.807, 2.05) is 60.0 Å². The van der Waals surface area contributed by atoms with Crippen molar-refractivity contribution in [3.63, 3.8) is 0 Å². The number of carbonyl (C=O) groups is 2. The lowest BCUT2D eigenvalue weighted by molar-refractivity contribution is -0.117. The summed E-state index contributed by atoms with van der Waals surface area (Å²) in [6.07, 6.45) is 2.75. The summed E-state index contributed by atoms with van der Waals surface area (Å²) in [5.41, 5.74) is 14.5. The number of aliphatic imine (C=N–C) groups is 1. The zero-order valence-corrected chi connectivity index (χ0v) is 38.4. The number of ketones is 1. The summed E-state index contributed by atoms with van der Waals surface area (Å²) in [5, 5.41) is 13.5. The zero-order valence-electron chi connectivity index (χ0n) is 35.8.